The Morgan fingerprint density at radius 1 is 0.295 bits per heavy atom. The van der Waals surface area contributed by atoms with Gasteiger partial charge in [-0.2, -0.15) is 0 Å². The zero-order valence-corrected chi connectivity index (χ0v) is 50.1. The average Bonchev–Trinajstić information content (AvgIpc) is 3.44. The van der Waals surface area contributed by atoms with E-state index < -0.39 is 6.10 Å². The van der Waals surface area contributed by atoms with Crippen LogP contribution in [0.1, 0.15) is 258 Å². The maximum atomic E-state index is 12.3. The normalized spacial score (nSPS) is 13.4. The molecular weight excluding hydrogens is 957 g/mol. The summed E-state index contributed by atoms with van der Waals surface area (Å²) in [4.78, 5) is 24.6. The number of allylic oxidation sites excluding steroid dienone is 28. The van der Waals surface area contributed by atoms with Crippen molar-refractivity contribution in [2.45, 2.75) is 264 Å². The minimum Gasteiger partial charge on any atom is -0.462 e. The number of ether oxygens (including phenoxy) is 2. The molecule has 0 saturated heterocycles. The van der Waals surface area contributed by atoms with E-state index in [4.69, 9.17) is 9.47 Å². The first-order valence-electron chi connectivity index (χ1n) is 31.7. The molecule has 1 N–H and O–H groups in total. The van der Waals surface area contributed by atoms with Gasteiger partial charge < -0.3 is 14.6 Å². The number of hydrogen-bond donors (Lipinski definition) is 1. The number of carbonyl (C=O) groups is 2. The predicted octanol–water partition coefficient (Wildman–Crippen LogP) is 22.1. The molecule has 78 heavy (non-hydrogen) atoms. The number of aliphatic hydroxyl groups is 1. The molecule has 0 aliphatic heterocycles. The number of unbranched alkanes of at least 4 members (excludes halogenated alkanes) is 20. The second-order valence-electron chi connectivity index (χ2n) is 20.4. The summed E-state index contributed by atoms with van der Waals surface area (Å²) in [6.45, 7) is 3.90. The quantitative estimate of drug-likeness (QED) is 0.0373. The van der Waals surface area contributed by atoms with E-state index in [0.29, 0.717) is 12.8 Å². The lowest BCUT2D eigenvalue weighted by Gasteiger charge is -2.15. The first-order valence-corrected chi connectivity index (χ1v) is 31.7. The first-order chi connectivity index (χ1) is 38.6. The van der Waals surface area contributed by atoms with Crippen molar-refractivity contribution >= 4 is 11.9 Å². The monoisotopic (exact) mass is 1070 g/mol. The van der Waals surface area contributed by atoms with E-state index in [-0.39, 0.29) is 25.2 Å². The molecule has 0 aromatic carbocycles. The molecule has 0 rings (SSSR count). The van der Waals surface area contributed by atoms with Gasteiger partial charge in [-0.05, 0) is 128 Å². The Morgan fingerprint density at radius 3 is 0.769 bits per heavy atom. The van der Waals surface area contributed by atoms with Crippen molar-refractivity contribution < 1.29 is 24.2 Å². The molecule has 438 valence electrons. The van der Waals surface area contributed by atoms with E-state index in [1.807, 2.05) is 0 Å². The summed E-state index contributed by atoms with van der Waals surface area (Å²) in [5, 5.41) is 9.68. The van der Waals surface area contributed by atoms with Gasteiger partial charge >= 0.3 is 11.9 Å². The molecule has 0 aromatic rings. The summed E-state index contributed by atoms with van der Waals surface area (Å²) in [6, 6.07) is 0. The number of carbonyl (C=O) groups excluding carboxylic acids is 2. The van der Waals surface area contributed by atoms with Crippen LogP contribution in [0.2, 0.25) is 0 Å². The van der Waals surface area contributed by atoms with Crippen LogP contribution >= 0.6 is 0 Å². The third-order valence-electron chi connectivity index (χ3n) is 13.0. The zero-order chi connectivity index (χ0) is 56.2. The summed E-state index contributed by atoms with van der Waals surface area (Å²) in [5.74, 6) is -0.608. The molecule has 0 amide bonds. The van der Waals surface area contributed by atoms with Gasteiger partial charge in [0.05, 0.1) is 6.61 Å². The first kappa shape index (κ1) is 73.3. The number of hydrogen-bond acceptors (Lipinski definition) is 5. The van der Waals surface area contributed by atoms with Crippen molar-refractivity contribution in [1.29, 1.82) is 0 Å². The molecule has 0 heterocycles. The topological polar surface area (TPSA) is 72.8 Å². The summed E-state index contributed by atoms with van der Waals surface area (Å²) in [5.41, 5.74) is 0. The zero-order valence-electron chi connectivity index (χ0n) is 50.1. The molecule has 1 atom stereocenters. The van der Waals surface area contributed by atoms with Gasteiger partial charge in [0.15, 0.2) is 6.10 Å². The Labute approximate surface area is 481 Å². The fourth-order valence-corrected chi connectivity index (χ4v) is 8.34. The Bertz CT molecular complexity index is 1740. The summed E-state index contributed by atoms with van der Waals surface area (Å²) in [6.07, 6.45) is 103. The van der Waals surface area contributed by atoms with Crippen LogP contribution in [0.4, 0.5) is 0 Å². The molecule has 0 aromatic heterocycles. The van der Waals surface area contributed by atoms with Crippen LogP contribution in [0.5, 0.6) is 0 Å². The van der Waals surface area contributed by atoms with Gasteiger partial charge in [-0.1, -0.05) is 287 Å². The van der Waals surface area contributed by atoms with Crippen LogP contribution < -0.4 is 0 Å². The van der Waals surface area contributed by atoms with Crippen molar-refractivity contribution in [3.8, 4) is 0 Å². The highest BCUT2D eigenvalue weighted by molar-refractivity contribution is 5.70. The Balaban J connectivity index is 3.58. The lowest BCUT2D eigenvalue weighted by molar-refractivity contribution is -0.161. The van der Waals surface area contributed by atoms with Crippen molar-refractivity contribution in [1.82, 2.24) is 0 Å². The lowest BCUT2D eigenvalue weighted by atomic mass is 10.0. The van der Waals surface area contributed by atoms with Crippen LogP contribution in [0.15, 0.2) is 170 Å². The molecule has 0 radical (unpaired) electrons. The van der Waals surface area contributed by atoms with Crippen molar-refractivity contribution in [3.05, 3.63) is 170 Å². The minimum absolute atomic E-state index is 0.0796. The van der Waals surface area contributed by atoms with Gasteiger partial charge in [0.25, 0.3) is 0 Å². The number of esters is 2. The Kier molecular flexibility index (Phi) is 62.5. The van der Waals surface area contributed by atoms with Crippen LogP contribution in [0.25, 0.3) is 0 Å². The van der Waals surface area contributed by atoms with E-state index in [1.165, 1.54) is 103 Å². The van der Waals surface area contributed by atoms with Gasteiger partial charge in [-0.3, -0.25) is 9.59 Å². The third-order valence-corrected chi connectivity index (χ3v) is 13.0. The molecule has 5 heteroatoms. The van der Waals surface area contributed by atoms with E-state index in [9.17, 15) is 14.7 Å². The van der Waals surface area contributed by atoms with Crippen molar-refractivity contribution in [3.63, 3.8) is 0 Å². The van der Waals surface area contributed by atoms with E-state index in [0.717, 1.165) is 128 Å². The largest absolute Gasteiger partial charge is 0.462 e. The Morgan fingerprint density at radius 2 is 0.513 bits per heavy atom. The molecule has 0 aliphatic carbocycles. The Hall–Kier alpha value is -4.74. The van der Waals surface area contributed by atoms with Crippen molar-refractivity contribution in [2.24, 2.45) is 0 Å². The third kappa shape index (κ3) is 63.8. The van der Waals surface area contributed by atoms with Gasteiger partial charge in [0.2, 0.25) is 0 Å². The lowest BCUT2D eigenvalue weighted by Crippen LogP contribution is -2.28. The van der Waals surface area contributed by atoms with Crippen LogP contribution in [0, 0.1) is 0 Å². The van der Waals surface area contributed by atoms with Gasteiger partial charge in [0, 0.05) is 12.8 Å². The standard InChI is InChI=1S/C73H116O5/c1-3-5-7-9-11-13-15-17-19-21-23-25-27-29-30-31-32-33-34-35-36-37-38-39-40-41-42-44-46-48-50-52-54-56-58-60-62-64-66-68-73(76)78-71(69-74)70-77-72(75)67-65-63-61-59-57-55-53-51-49-47-45-43-28-26-24-22-20-18-16-14-12-10-8-6-4-2/h5-8,11-14,17-20,23-26,29-30,32-33,35-36,38-39,41-43,45,71,74H,3-4,9-10,15-16,21-22,27-28,31,34,37,40,44,46-70H2,1-2H3/b7-5-,8-6-,13-11-,14-12-,19-17-,20-18-,25-23-,26-24-,30-29-,33-32-,36-35-,39-38-,42-41-,45-43-. The highest BCUT2D eigenvalue weighted by Crippen LogP contribution is 2.15. The summed E-state index contributed by atoms with van der Waals surface area (Å²) >= 11 is 0. The van der Waals surface area contributed by atoms with Crippen LogP contribution in [-0.4, -0.2) is 36.4 Å². The molecule has 0 spiro atoms. The van der Waals surface area contributed by atoms with E-state index >= 15 is 0 Å². The van der Waals surface area contributed by atoms with Crippen LogP contribution in [0.3, 0.4) is 0 Å². The minimum atomic E-state index is -0.790. The molecular formula is C73H116O5. The molecule has 5 nitrogen and oxygen atoms in total. The smallest absolute Gasteiger partial charge is 0.306 e. The fraction of sp³-hybridized carbons (Fsp3) is 0.589. The van der Waals surface area contributed by atoms with Gasteiger partial charge in [-0.25, -0.2) is 0 Å². The summed E-state index contributed by atoms with van der Waals surface area (Å²) in [7, 11) is 0. The fourth-order valence-electron chi connectivity index (χ4n) is 8.34. The average molecular weight is 1070 g/mol. The van der Waals surface area contributed by atoms with Crippen LogP contribution in [-0.2, 0) is 19.1 Å². The molecule has 1 unspecified atom stereocenters. The maximum Gasteiger partial charge on any atom is 0.306 e. The van der Waals surface area contributed by atoms with E-state index in [1.54, 1.807) is 0 Å². The van der Waals surface area contributed by atoms with E-state index in [2.05, 4.69) is 184 Å². The predicted molar refractivity (Wildman–Crippen MR) is 343 cm³/mol. The highest BCUT2D eigenvalue weighted by atomic mass is 16.6. The summed E-state index contributed by atoms with van der Waals surface area (Å²) < 4.78 is 10.7. The number of rotatable bonds is 56. The van der Waals surface area contributed by atoms with Crippen molar-refractivity contribution in [2.75, 3.05) is 13.2 Å². The van der Waals surface area contributed by atoms with Gasteiger partial charge in [0.1, 0.15) is 6.61 Å². The molecule has 0 bridgehead atoms. The molecule has 0 fully saturated rings. The number of aliphatic hydroxyl groups excluding tert-OH is 1. The molecule has 0 saturated carbocycles. The SMILES string of the molecule is CC/C=C\C/C=C\C/C=C\C/C=C\C/C=C\C/C=C\C/C=C\C/C=C\C/C=C\CCCCCCCCCCCCCC(=O)OC(CO)COC(=O)CCCCCCCCCCC/C=C\C/C=C\C/C=C\C/C=C\C/C=C\CC. The highest BCUT2D eigenvalue weighted by Gasteiger charge is 2.16. The second kappa shape index (κ2) is 66.5. The maximum absolute atomic E-state index is 12.3. The molecule has 0 aliphatic rings. The second-order valence-corrected chi connectivity index (χ2v) is 20.4. The van der Waals surface area contributed by atoms with Gasteiger partial charge in [-0.15, -0.1) is 0 Å².